The molecule has 1 N–H and O–H groups in total. The van der Waals surface area contributed by atoms with E-state index in [2.05, 4.69) is 5.32 Å². The van der Waals surface area contributed by atoms with E-state index in [4.69, 9.17) is 4.74 Å². The van der Waals surface area contributed by atoms with Crippen LogP contribution in [0.4, 0.5) is 11.4 Å². The lowest BCUT2D eigenvalue weighted by Gasteiger charge is -2.24. The second kappa shape index (κ2) is 9.00. The van der Waals surface area contributed by atoms with Gasteiger partial charge in [-0.25, -0.2) is 8.42 Å². The summed E-state index contributed by atoms with van der Waals surface area (Å²) in [5, 5.41) is 2.81. The molecule has 1 amide bonds. The zero-order valence-electron chi connectivity index (χ0n) is 17.1. The molecular weight excluding hydrogens is 400 g/mol. The summed E-state index contributed by atoms with van der Waals surface area (Å²) in [6, 6.07) is 20.3. The molecule has 0 aromatic heterocycles. The Kier molecular flexibility index (Phi) is 6.42. The number of amides is 1. The number of rotatable bonds is 7. The van der Waals surface area contributed by atoms with Crippen LogP contribution in [0.2, 0.25) is 0 Å². The molecule has 0 aliphatic rings. The Labute approximate surface area is 177 Å². The standard InChI is InChI=1S/C23H24N2O4S/c1-17-9-14-22(18(2)15-17)24-23(26)16-25(19-7-5-4-6-8-19)30(27,28)21-12-10-20(29-3)11-13-21/h4-15H,16H2,1-3H3,(H,24,26). The number of hydrogen-bond donors (Lipinski definition) is 1. The molecule has 156 valence electrons. The fourth-order valence-electron chi connectivity index (χ4n) is 3.06. The summed E-state index contributed by atoms with van der Waals surface area (Å²) >= 11 is 0. The van der Waals surface area contributed by atoms with Gasteiger partial charge in [-0.3, -0.25) is 9.10 Å². The number of sulfonamides is 1. The monoisotopic (exact) mass is 424 g/mol. The SMILES string of the molecule is COc1ccc(S(=O)(=O)N(CC(=O)Nc2ccc(C)cc2C)c2ccccc2)cc1. The van der Waals surface area contributed by atoms with E-state index < -0.39 is 15.9 Å². The number of benzene rings is 3. The number of hydrogen-bond acceptors (Lipinski definition) is 4. The van der Waals surface area contributed by atoms with E-state index in [-0.39, 0.29) is 11.4 Å². The molecule has 0 aliphatic carbocycles. The van der Waals surface area contributed by atoms with Crippen molar-refractivity contribution >= 4 is 27.3 Å². The van der Waals surface area contributed by atoms with E-state index in [9.17, 15) is 13.2 Å². The second-order valence-electron chi connectivity index (χ2n) is 6.89. The highest BCUT2D eigenvalue weighted by atomic mass is 32.2. The summed E-state index contributed by atoms with van der Waals surface area (Å²) in [5.41, 5.74) is 3.05. The Bertz CT molecular complexity index is 1130. The zero-order chi connectivity index (χ0) is 21.7. The van der Waals surface area contributed by atoms with Gasteiger partial charge in [0.05, 0.1) is 17.7 Å². The van der Waals surface area contributed by atoms with E-state index in [1.54, 1.807) is 42.5 Å². The van der Waals surface area contributed by atoms with Crippen LogP contribution >= 0.6 is 0 Å². The van der Waals surface area contributed by atoms with Crippen molar-refractivity contribution in [2.75, 3.05) is 23.3 Å². The van der Waals surface area contributed by atoms with E-state index in [0.717, 1.165) is 15.4 Å². The Morgan fingerprint density at radius 3 is 2.23 bits per heavy atom. The molecule has 3 rings (SSSR count). The number of nitrogens with zero attached hydrogens (tertiary/aromatic N) is 1. The number of methoxy groups -OCH3 is 1. The van der Waals surface area contributed by atoms with Crippen molar-refractivity contribution < 1.29 is 17.9 Å². The first-order chi connectivity index (χ1) is 14.3. The van der Waals surface area contributed by atoms with Gasteiger partial charge in [-0.1, -0.05) is 35.9 Å². The highest BCUT2D eigenvalue weighted by Gasteiger charge is 2.27. The van der Waals surface area contributed by atoms with Crippen LogP contribution in [0.25, 0.3) is 0 Å². The Hall–Kier alpha value is -3.32. The summed E-state index contributed by atoms with van der Waals surface area (Å²) in [6.07, 6.45) is 0. The topological polar surface area (TPSA) is 75.7 Å². The van der Waals surface area contributed by atoms with Crippen molar-refractivity contribution in [3.63, 3.8) is 0 Å². The molecule has 3 aromatic carbocycles. The van der Waals surface area contributed by atoms with Gasteiger partial charge in [0.15, 0.2) is 0 Å². The van der Waals surface area contributed by atoms with E-state index in [1.165, 1.54) is 19.2 Å². The molecule has 0 atom stereocenters. The van der Waals surface area contributed by atoms with Gasteiger partial charge < -0.3 is 10.1 Å². The molecule has 0 fully saturated rings. The summed E-state index contributed by atoms with van der Waals surface area (Å²) < 4.78 is 32.9. The van der Waals surface area contributed by atoms with Crippen LogP contribution in [-0.4, -0.2) is 28.0 Å². The molecule has 0 bridgehead atoms. The van der Waals surface area contributed by atoms with Gasteiger partial charge in [0.2, 0.25) is 5.91 Å². The molecule has 30 heavy (non-hydrogen) atoms. The highest BCUT2D eigenvalue weighted by Crippen LogP contribution is 2.25. The number of anilines is 2. The number of para-hydroxylation sites is 1. The fraction of sp³-hybridized carbons (Fsp3) is 0.174. The van der Waals surface area contributed by atoms with Crippen LogP contribution in [0.15, 0.2) is 77.7 Å². The van der Waals surface area contributed by atoms with Crippen LogP contribution in [0, 0.1) is 13.8 Å². The van der Waals surface area contributed by atoms with E-state index >= 15 is 0 Å². The Balaban J connectivity index is 1.91. The van der Waals surface area contributed by atoms with Crippen LogP contribution in [0.1, 0.15) is 11.1 Å². The van der Waals surface area contributed by atoms with Gasteiger partial charge in [0.1, 0.15) is 12.3 Å². The molecule has 7 heteroatoms. The minimum absolute atomic E-state index is 0.0754. The van der Waals surface area contributed by atoms with Gasteiger partial charge >= 0.3 is 0 Å². The Morgan fingerprint density at radius 2 is 1.63 bits per heavy atom. The summed E-state index contributed by atoms with van der Waals surface area (Å²) in [4.78, 5) is 12.8. The third-order valence-corrected chi connectivity index (χ3v) is 6.42. The second-order valence-corrected chi connectivity index (χ2v) is 8.75. The minimum Gasteiger partial charge on any atom is -0.497 e. The van der Waals surface area contributed by atoms with Crippen LogP contribution < -0.4 is 14.4 Å². The van der Waals surface area contributed by atoms with Crippen molar-refractivity contribution in [2.24, 2.45) is 0 Å². The number of nitrogens with one attached hydrogen (secondary N) is 1. The lowest BCUT2D eigenvalue weighted by atomic mass is 10.1. The van der Waals surface area contributed by atoms with Gasteiger partial charge in [-0.15, -0.1) is 0 Å². The first kappa shape index (κ1) is 21.4. The zero-order valence-corrected chi connectivity index (χ0v) is 17.9. The van der Waals surface area contributed by atoms with Gasteiger partial charge in [-0.05, 0) is 61.9 Å². The maximum absolute atomic E-state index is 13.3. The third kappa shape index (κ3) is 4.80. The number of carbonyl (C=O) groups excluding carboxylic acids is 1. The summed E-state index contributed by atoms with van der Waals surface area (Å²) in [6.45, 7) is 3.51. The molecule has 0 saturated carbocycles. The molecule has 0 heterocycles. The molecule has 0 radical (unpaired) electrons. The number of ether oxygens (including phenoxy) is 1. The molecule has 0 spiro atoms. The average molecular weight is 425 g/mol. The summed E-state index contributed by atoms with van der Waals surface area (Å²) in [7, 11) is -2.46. The molecule has 0 unspecified atom stereocenters. The van der Waals surface area contributed by atoms with Crippen molar-refractivity contribution in [1.29, 1.82) is 0 Å². The van der Waals surface area contributed by atoms with Gasteiger partial charge in [-0.2, -0.15) is 0 Å². The third-order valence-electron chi connectivity index (χ3n) is 4.63. The Morgan fingerprint density at radius 1 is 0.967 bits per heavy atom. The van der Waals surface area contributed by atoms with Gasteiger partial charge in [0, 0.05) is 5.69 Å². The highest BCUT2D eigenvalue weighted by molar-refractivity contribution is 7.92. The lowest BCUT2D eigenvalue weighted by molar-refractivity contribution is -0.114. The first-order valence-corrected chi connectivity index (χ1v) is 10.8. The predicted molar refractivity (Wildman–Crippen MR) is 119 cm³/mol. The molecule has 0 saturated heterocycles. The maximum atomic E-state index is 13.3. The first-order valence-electron chi connectivity index (χ1n) is 9.40. The van der Waals surface area contributed by atoms with Crippen molar-refractivity contribution in [1.82, 2.24) is 0 Å². The van der Waals surface area contributed by atoms with E-state index in [1.807, 2.05) is 32.0 Å². The molecule has 6 nitrogen and oxygen atoms in total. The smallest absolute Gasteiger partial charge is 0.264 e. The lowest BCUT2D eigenvalue weighted by Crippen LogP contribution is -2.38. The van der Waals surface area contributed by atoms with Crippen LogP contribution in [0.5, 0.6) is 5.75 Å². The largest absolute Gasteiger partial charge is 0.497 e. The quantitative estimate of drug-likeness (QED) is 0.618. The minimum atomic E-state index is -3.97. The number of carbonyl (C=O) groups is 1. The predicted octanol–water partition coefficient (Wildman–Crippen LogP) is 4.15. The van der Waals surface area contributed by atoms with Crippen LogP contribution in [0.3, 0.4) is 0 Å². The van der Waals surface area contributed by atoms with Crippen LogP contribution in [-0.2, 0) is 14.8 Å². The normalized spacial score (nSPS) is 11.0. The fourth-order valence-corrected chi connectivity index (χ4v) is 4.48. The molecule has 0 aliphatic heterocycles. The average Bonchev–Trinajstić information content (AvgIpc) is 2.74. The van der Waals surface area contributed by atoms with Crippen molar-refractivity contribution in [3.8, 4) is 5.75 Å². The van der Waals surface area contributed by atoms with E-state index in [0.29, 0.717) is 17.1 Å². The number of aryl methyl sites for hydroxylation is 2. The van der Waals surface area contributed by atoms with Gasteiger partial charge in [0.25, 0.3) is 10.0 Å². The molecule has 3 aromatic rings. The van der Waals surface area contributed by atoms with Crippen molar-refractivity contribution in [3.05, 3.63) is 83.9 Å². The maximum Gasteiger partial charge on any atom is 0.264 e. The van der Waals surface area contributed by atoms with Crippen molar-refractivity contribution in [2.45, 2.75) is 18.7 Å². The molecular formula is C23H24N2O4S. The summed E-state index contributed by atoms with van der Waals surface area (Å²) in [5.74, 6) is 0.121.